The second kappa shape index (κ2) is 7.37. The van der Waals surface area contributed by atoms with E-state index in [1.54, 1.807) is 53.1 Å². The molecule has 25 heavy (non-hydrogen) atoms. The van der Waals surface area contributed by atoms with E-state index in [0.717, 1.165) is 16.3 Å². The first-order valence-electron chi connectivity index (χ1n) is 7.66. The third kappa shape index (κ3) is 4.00. The molecule has 1 aliphatic rings. The number of rotatable bonds is 4. The van der Waals surface area contributed by atoms with E-state index >= 15 is 0 Å². The van der Waals surface area contributed by atoms with E-state index in [-0.39, 0.29) is 17.3 Å². The molecule has 0 bridgehead atoms. The number of fused-ring (bicyclic) bond motifs is 1. The number of nitrogens with zero attached hydrogens (tertiary/aromatic N) is 1. The van der Waals surface area contributed by atoms with Crippen molar-refractivity contribution in [2.45, 2.75) is 23.3 Å². The Morgan fingerprint density at radius 3 is 2.76 bits per heavy atom. The number of benzene rings is 2. The summed E-state index contributed by atoms with van der Waals surface area (Å²) < 4.78 is 27.7. The highest BCUT2D eigenvalue weighted by atomic mass is 35.5. The van der Waals surface area contributed by atoms with Gasteiger partial charge in [-0.15, -0.1) is 11.8 Å². The lowest BCUT2D eigenvalue weighted by Crippen LogP contribution is -2.33. The van der Waals surface area contributed by atoms with E-state index in [9.17, 15) is 13.2 Å². The Hall–Kier alpha value is -1.54. The van der Waals surface area contributed by atoms with Crippen LogP contribution in [0.15, 0.2) is 52.3 Å². The molecule has 1 amide bonds. The number of carbonyl (C=O) groups is 1. The second-order valence-corrected chi connectivity index (χ2v) is 8.88. The number of nitrogens with one attached hydrogen (secondary N) is 1. The van der Waals surface area contributed by atoms with Crippen molar-refractivity contribution in [3.63, 3.8) is 0 Å². The van der Waals surface area contributed by atoms with E-state index in [2.05, 4.69) is 4.72 Å². The summed E-state index contributed by atoms with van der Waals surface area (Å²) in [5.41, 5.74) is 1.47. The Balaban J connectivity index is 1.83. The van der Waals surface area contributed by atoms with Crippen LogP contribution in [0, 0.1) is 0 Å². The Kier molecular flexibility index (Phi) is 5.38. The normalized spacial score (nSPS) is 14.2. The number of hydrogen-bond acceptors (Lipinski definition) is 4. The molecule has 1 heterocycles. The maximum atomic E-state index is 12.6. The highest BCUT2D eigenvalue weighted by Gasteiger charge is 2.23. The minimum absolute atomic E-state index is 0.0472. The van der Waals surface area contributed by atoms with E-state index in [1.807, 2.05) is 0 Å². The molecule has 0 fully saturated rings. The van der Waals surface area contributed by atoms with Crippen molar-refractivity contribution in [2.75, 3.05) is 17.2 Å². The van der Waals surface area contributed by atoms with Crippen LogP contribution in [0.1, 0.15) is 12.5 Å². The highest BCUT2D eigenvalue weighted by Crippen LogP contribution is 2.36. The van der Waals surface area contributed by atoms with Crippen LogP contribution >= 0.6 is 23.4 Å². The smallest absolute Gasteiger partial charge is 0.240 e. The van der Waals surface area contributed by atoms with Gasteiger partial charge in [0, 0.05) is 35.7 Å². The number of sulfonamides is 1. The van der Waals surface area contributed by atoms with Crippen LogP contribution in [0.25, 0.3) is 0 Å². The standard InChI is InChI=1S/C17H17ClN2O3S2/c1-12(21)20-8-9-24-17-10-14(6-7-16(17)20)25(22,23)19-11-13-4-2-3-5-15(13)18/h2-7,10,19H,8-9,11H2,1H3. The van der Waals surface area contributed by atoms with E-state index in [0.29, 0.717) is 17.1 Å². The molecular weight excluding hydrogens is 380 g/mol. The van der Waals surface area contributed by atoms with Crippen LogP contribution in [-0.2, 0) is 21.4 Å². The van der Waals surface area contributed by atoms with Gasteiger partial charge in [0.1, 0.15) is 0 Å². The third-order valence-electron chi connectivity index (χ3n) is 3.90. The van der Waals surface area contributed by atoms with Gasteiger partial charge in [0.05, 0.1) is 10.6 Å². The van der Waals surface area contributed by atoms with Gasteiger partial charge in [0.2, 0.25) is 15.9 Å². The van der Waals surface area contributed by atoms with Crippen LogP contribution in [0.2, 0.25) is 5.02 Å². The molecule has 2 aromatic carbocycles. The van der Waals surface area contributed by atoms with Gasteiger partial charge in [-0.1, -0.05) is 29.8 Å². The molecule has 0 saturated carbocycles. The SMILES string of the molecule is CC(=O)N1CCSc2cc(S(=O)(=O)NCc3ccccc3Cl)ccc21. The van der Waals surface area contributed by atoms with Gasteiger partial charge >= 0.3 is 0 Å². The summed E-state index contributed by atoms with van der Waals surface area (Å²) in [7, 11) is -3.67. The average molecular weight is 397 g/mol. The van der Waals surface area contributed by atoms with Gasteiger partial charge in [-0.25, -0.2) is 13.1 Å². The maximum Gasteiger partial charge on any atom is 0.240 e. The largest absolute Gasteiger partial charge is 0.311 e. The summed E-state index contributed by atoms with van der Waals surface area (Å²) in [4.78, 5) is 14.3. The van der Waals surface area contributed by atoms with Gasteiger partial charge in [-0.2, -0.15) is 0 Å². The average Bonchev–Trinajstić information content (AvgIpc) is 2.60. The molecule has 5 nitrogen and oxygen atoms in total. The summed E-state index contributed by atoms with van der Waals surface area (Å²) in [6.45, 7) is 2.26. The molecule has 8 heteroatoms. The molecule has 3 rings (SSSR count). The van der Waals surface area contributed by atoms with Crippen molar-refractivity contribution in [1.29, 1.82) is 0 Å². The molecule has 0 saturated heterocycles. The van der Waals surface area contributed by atoms with Crippen LogP contribution in [0.4, 0.5) is 5.69 Å². The van der Waals surface area contributed by atoms with Crippen LogP contribution in [-0.4, -0.2) is 26.6 Å². The topological polar surface area (TPSA) is 66.5 Å². The minimum Gasteiger partial charge on any atom is -0.311 e. The lowest BCUT2D eigenvalue weighted by atomic mass is 10.2. The molecule has 1 N–H and O–H groups in total. The molecule has 0 aromatic heterocycles. The molecule has 0 unspecified atom stereocenters. The summed E-state index contributed by atoms with van der Waals surface area (Å²) in [6.07, 6.45) is 0. The van der Waals surface area contributed by atoms with Crippen molar-refractivity contribution < 1.29 is 13.2 Å². The van der Waals surface area contributed by atoms with Crippen LogP contribution in [0.5, 0.6) is 0 Å². The molecule has 1 aliphatic heterocycles. The summed E-state index contributed by atoms with van der Waals surface area (Å²) in [5, 5.41) is 0.517. The number of anilines is 1. The zero-order valence-electron chi connectivity index (χ0n) is 13.5. The van der Waals surface area contributed by atoms with Crippen LogP contribution in [0.3, 0.4) is 0 Å². The predicted octanol–water partition coefficient (Wildman–Crippen LogP) is 3.28. The molecule has 0 atom stereocenters. The fourth-order valence-electron chi connectivity index (χ4n) is 2.59. The molecule has 0 radical (unpaired) electrons. The lowest BCUT2D eigenvalue weighted by Gasteiger charge is -2.28. The van der Waals surface area contributed by atoms with E-state index < -0.39 is 10.0 Å². The van der Waals surface area contributed by atoms with Gasteiger partial charge in [0.25, 0.3) is 0 Å². The lowest BCUT2D eigenvalue weighted by molar-refractivity contribution is -0.116. The fraction of sp³-hybridized carbons (Fsp3) is 0.235. The van der Waals surface area contributed by atoms with E-state index in [1.165, 1.54) is 13.0 Å². The van der Waals surface area contributed by atoms with Crippen molar-refractivity contribution in [3.8, 4) is 0 Å². The monoisotopic (exact) mass is 396 g/mol. The number of amides is 1. The first-order valence-corrected chi connectivity index (χ1v) is 10.5. The summed E-state index contributed by atoms with van der Waals surface area (Å²) in [6, 6.07) is 11.9. The first kappa shape index (κ1) is 18.3. The first-order chi connectivity index (χ1) is 11.9. The van der Waals surface area contributed by atoms with Crippen molar-refractivity contribution >= 4 is 45.0 Å². The zero-order valence-corrected chi connectivity index (χ0v) is 15.9. The van der Waals surface area contributed by atoms with Gasteiger partial charge in [-0.05, 0) is 29.8 Å². The molecule has 2 aromatic rings. The predicted molar refractivity (Wildman–Crippen MR) is 101 cm³/mol. The van der Waals surface area contributed by atoms with Crippen LogP contribution < -0.4 is 9.62 Å². The molecule has 0 aliphatic carbocycles. The zero-order chi connectivity index (χ0) is 18.0. The Morgan fingerprint density at radius 2 is 2.04 bits per heavy atom. The number of halogens is 1. The van der Waals surface area contributed by atoms with Gasteiger partial charge < -0.3 is 4.90 Å². The fourth-order valence-corrected chi connectivity index (χ4v) is 4.93. The highest BCUT2D eigenvalue weighted by molar-refractivity contribution is 7.99. The van der Waals surface area contributed by atoms with Crippen molar-refractivity contribution in [3.05, 3.63) is 53.1 Å². The molecular formula is C17H17ClN2O3S2. The van der Waals surface area contributed by atoms with Gasteiger partial charge in [0.15, 0.2) is 0 Å². The quantitative estimate of drug-likeness (QED) is 0.861. The molecule has 132 valence electrons. The number of thioether (sulfide) groups is 1. The summed E-state index contributed by atoms with van der Waals surface area (Å²) in [5.74, 6) is 0.692. The second-order valence-electron chi connectivity index (χ2n) is 5.56. The number of carbonyl (C=O) groups excluding carboxylic acids is 1. The number of hydrogen-bond donors (Lipinski definition) is 1. The molecule has 0 spiro atoms. The Morgan fingerprint density at radius 1 is 1.28 bits per heavy atom. The van der Waals surface area contributed by atoms with Crippen molar-refractivity contribution in [1.82, 2.24) is 4.72 Å². The Labute approximate surface area is 156 Å². The van der Waals surface area contributed by atoms with Crippen molar-refractivity contribution in [2.24, 2.45) is 0 Å². The maximum absolute atomic E-state index is 12.6. The summed E-state index contributed by atoms with van der Waals surface area (Å²) >= 11 is 7.61. The Bertz CT molecular complexity index is 916. The van der Waals surface area contributed by atoms with E-state index in [4.69, 9.17) is 11.6 Å². The minimum atomic E-state index is -3.67. The van der Waals surface area contributed by atoms with Gasteiger partial charge in [-0.3, -0.25) is 4.79 Å². The third-order valence-corrected chi connectivity index (χ3v) is 6.69.